The van der Waals surface area contributed by atoms with E-state index in [1.165, 1.54) is 32.3 Å². The van der Waals surface area contributed by atoms with E-state index in [2.05, 4.69) is 375 Å². The molecule has 1 aliphatic heterocycles. The maximum absolute atomic E-state index is 5.55. The summed E-state index contributed by atoms with van der Waals surface area (Å²) in [5, 5.41) is 16.9. The van der Waals surface area contributed by atoms with Crippen molar-refractivity contribution in [3.8, 4) is 68.0 Å². The molecule has 1 aliphatic carbocycles. The fourth-order valence-electron chi connectivity index (χ4n) is 16.4. The maximum Gasteiger partial charge on any atom is 0.238 e. The van der Waals surface area contributed by atoms with E-state index in [0.717, 1.165) is 140 Å². The molecule has 0 radical (unpaired) electrons. The average molecular weight is 1360 g/mol. The monoisotopic (exact) mass is 1360 g/mol. The Balaban J connectivity index is 0.673. The third-order valence-corrected chi connectivity index (χ3v) is 21.5. The number of benzene rings is 13. The molecule has 0 amide bonds. The molecule has 7 heterocycles. The molecule has 21 rings (SSSR count). The van der Waals surface area contributed by atoms with Crippen LogP contribution in [-0.4, -0.2) is 44.0 Å². The van der Waals surface area contributed by atoms with Gasteiger partial charge >= 0.3 is 0 Å². The highest BCUT2D eigenvalue weighted by Gasteiger charge is 2.28. The van der Waals surface area contributed by atoms with E-state index in [1.807, 2.05) is 6.20 Å². The predicted octanol–water partition coefficient (Wildman–Crippen LogP) is 22.3. The number of pyridine rings is 1. The second-order valence-corrected chi connectivity index (χ2v) is 27.6. The zero-order chi connectivity index (χ0) is 69.8. The summed E-state index contributed by atoms with van der Waals surface area (Å²) < 4.78 is 9.46. The summed E-state index contributed by atoms with van der Waals surface area (Å²) in [5.41, 5.74) is 22.2. The van der Waals surface area contributed by atoms with Crippen molar-refractivity contribution in [3.05, 3.63) is 374 Å². The molecule has 13 aromatic carbocycles. The number of allylic oxidation sites excluding steroid dienone is 4. The Morgan fingerprint density at radius 1 is 0.311 bits per heavy atom. The van der Waals surface area contributed by atoms with Gasteiger partial charge in [0.1, 0.15) is 18.2 Å². The van der Waals surface area contributed by atoms with E-state index in [1.54, 1.807) is 0 Å². The highest BCUT2D eigenvalue weighted by Crippen LogP contribution is 2.44. The number of hydrogen-bond acceptors (Lipinski definition) is 7. The number of nitrogens with zero attached hydrogens (tertiary/aromatic N) is 9. The van der Waals surface area contributed by atoms with Gasteiger partial charge in [0, 0.05) is 94.7 Å². The fourth-order valence-corrected chi connectivity index (χ4v) is 16.4. The van der Waals surface area contributed by atoms with Crippen LogP contribution in [0.15, 0.2) is 357 Å². The molecule has 3 atom stereocenters. The molecule has 0 saturated carbocycles. The van der Waals surface area contributed by atoms with Gasteiger partial charge in [0.05, 0.1) is 44.1 Å². The Kier molecular flexibility index (Phi) is 14.3. The number of aliphatic imine (C=N–C) groups is 1. The van der Waals surface area contributed by atoms with E-state index in [-0.39, 0.29) is 18.2 Å². The number of hydrogen-bond donors (Lipinski definition) is 2. The lowest BCUT2D eigenvalue weighted by atomic mass is 9.96. The number of nitrogens with one attached hydrogen (secondary N) is 2. The zero-order valence-electron chi connectivity index (χ0n) is 57.5. The van der Waals surface area contributed by atoms with Crippen molar-refractivity contribution in [2.45, 2.75) is 24.7 Å². The first-order chi connectivity index (χ1) is 52.5. The van der Waals surface area contributed by atoms with Crippen molar-refractivity contribution in [1.82, 2.24) is 48.8 Å². The number of fused-ring (bicyclic) bond motifs is 12. The van der Waals surface area contributed by atoms with E-state index < -0.39 is 0 Å². The Hall–Kier alpha value is -13.9. The van der Waals surface area contributed by atoms with Crippen molar-refractivity contribution in [2.24, 2.45) is 4.99 Å². The van der Waals surface area contributed by atoms with Crippen molar-refractivity contribution >= 4 is 93.1 Å². The summed E-state index contributed by atoms with van der Waals surface area (Å²) in [6.07, 6.45) is 11.0. The van der Waals surface area contributed by atoms with Gasteiger partial charge in [0.25, 0.3) is 0 Å². The molecule has 0 spiro atoms. The van der Waals surface area contributed by atoms with E-state index in [4.69, 9.17) is 24.9 Å². The lowest BCUT2D eigenvalue weighted by molar-refractivity contribution is 0.409. The molecular weight excluding hydrogens is 1300 g/mol. The van der Waals surface area contributed by atoms with Crippen LogP contribution < -0.4 is 10.6 Å². The third-order valence-electron chi connectivity index (χ3n) is 21.5. The molecule has 106 heavy (non-hydrogen) atoms. The quantitative estimate of drug-likeness (QED) is 0.126. The van der Waals surface area contributed by atoms with Crippen LogP contribution in [0.25, 0.3) is 155 Å². The molecule has 11 nitrogen and oxygen atoms in total. The summed E-state index contributed by atoms with van der Waals surface area (Å²) in [6.45, 7) is 0. The van der Waals surface area contributed by atoms with Crippen molar-refractivity contribution in [2.75, 3.05) is 0 Å². The standard InChI is InChI=1S/C95H65N11/c1-5-23-60(24-6-1)61-43-45-64(46-44-61)92-100-93(102-95(101-92)106-85-42-20-16-38-76(85)80-56-78-73-35-13-17-39-82(73)103(87(78)58-89(80)106)70-32-11-4-12-33-70)68-31-21-29-66(53-68)67-30-22-34-72(54-67)105-84-41-19-15-37-75(84)79-55-77-74-36-14-18-40-83(74)104(86(77)57-88(79)105)71-50-47-65(48-51-71)91-97-90(63-27-9-3-10-28-63)98-94(99-91)69-49-52-81(96-59-69)62-25-7-2-8-26-62/h1-25,27-59,62,90-91,97H,26H2,(H,98,99). The second-order valence-electron chi connectivity index (χ2n) is 27.6. The van der Waals surface area contributed by atoms with Crippen molar-refractivity contribution < 1.29 is 0 Å². The Bertz CT molecular complexity index is 6780. The van der Waals surface area contributed by atoms with Gasteiger partial charge in [-0.15, -0.1) is 0 Å². The summed E-state index contributed by atoms with van der Waals surface area (Å²) in [6, 6.07) is 115. The summed E-state index contributed by atoms with van der Waals surface area (Å²) in [7, 11) is 0. The highest BCUT2D eigenvalue weighted by molar-refractivity contribution is 6.21. The Morgan fingerprint density at radius 2 is 0.783 bits per heavy atom. The number of aromatic nitrogens is 8. The van der Waals surface area contributed by atoms with Gasteiger partial charge in [-0.25, -0.2) is 9.98 Å². The van der Waals surface area contributed by atoms with Crippen LogP contribution in [0, 0.1) is 0 Å². The Morgan fingerprint density at radius 3 is 1.38 bits per heavy atom. The molecule has 2 N–H and O–H groups in total. The van der Waals surface area contributed by atoms with Crippen LogP contribution in [0.5, 0.6) is 0 Å². The topological polar surface area (TPSA) is 108 Å². The van der Waals surface area contributed by atoms with E-state index >= 15 is 0 Å². The van der Waals surface area contributed by atoms with E-state index in [9.17, 15) is 0 Å². The first kappa shape index (κ1) is 60.9. The summed E-state index contributed by atoms with van der Waals surface area (Å²) in [4.78, 5) is 26.8. The van der Waals surface area contributed by atoms with Crippen LogP contribution >= 0.6 is 0 Å². The molecule has 3 unspecified atom stereocenters. The fraction of sp³-hybridized carbons (Fsp3) is 0.0421. The molecule has 0 saturated heterocycles. The smallest absolute Gasteiger partial charge is 0.238 e. The Labute approximate surface area is 610 Å². The van der Waals surface area contributed by atoms with Gasteiger partial charge in [0.15, 0.2) is 11.6 Å². The molecule has 0 bridgehead atoms. The van der Waals surface area contributed by atoms with Crippen LogP contribution in [0.3, 0.4) is 0 Å². The number of rotatable bonds is 12. The number of para-hydroxylation sites is 5. The molecular formula is C95H65N11. The second kappa shape index (κ2) is 25.0. The third kappa shape index (κ3) is 10.3. The van der Waals surface area contributed by atoms with Crippen LogP contribution in [0.1, 0.15) is 47.1 Å². The van der Waals surface area contributed by atoms with Gasteiger partial charge < -0.3 is 19.0 Å². The average Bonchev–Trinajstić information content (AvgIpc) is 1.56. The van der Waals surface area contributed by atoms with E-state index in [0.29, 0.717) is 17.6 Å². The molecule has 6 aromatic heterocycles. The van der Waals surface area contributed by atoms with Crippen LogP contribution in [-0.2, 0) is 0 Å². The van der Waals surface area contributed by atoms with Crippen molar-refractivity contribution in [1.29, 1.82) is 0 Å². The zero-order valence-corrected chi connectivity index (χ0v) is 57.5. The van der Waals surface area contributed by atoms with Gasteiger partial charge in [0.2, 0.25) is 5.95 Å². The first-order valence-corrected chi connectivity index (χ1v) is 36.2. The normalized spacial score (nSPS) is 15.2. The highest BCUT2D eigenvalue weighted by atomic mass is 15.3. The maximum atomic E-state index is 5.55. The summed E-state index contributed by atoms with van der Waals surface area (Å²) in [5.74, 6) is 2.73. The van der Waals surface area contributed by atoms with Gasteiger partial charge in [-0.2, -0.15) is 9.97 Å². The minimum absolute atomic E-state index is 0.185. The molecule has 2 aliphatic rings. The SMILES string of the molecule is C1=CCC(c2ccc(C3=NC(c4ccc(-n5c6ccccc6c6cc7c8ccccc8n(-c8cccc(-c9cccc(-c%10nc(-c%11ccc(-c%12ccccc%12)cc%11)nc(-n%11c%12ccccc%12c%12cc%13c%14ccccc%14n(-c%14ccccc%14)c%13cc%12%11)n%10)c9)c8)c7cc65)cc4)NC(c4ccccc4)N3)cn2)C=C1. The number of amidine groups is 1. The molecule has 0 fully saturated rings. The van der Waals surface area contributed by atoms with Gasteiger partial charge in [-0.1, -0.05) is 243 Å². The minimum Gasteiger partial charge on any atom is -0.350 e. The predicted molar refractivity (Wildman–Crippen MR) is 434 cm³/mol. The minimum atomic E-state index is -0.334. The first-order valence-electron chi connectivity index (χ1n) is 36.2. The molecule has 19 aromatic rings. The largest absolute Gasteiger partial charge is 0.350 e. The van der Waals surface area contributed by atoms with Crippen molar-refractivity contribution in [3.63, 3.8) is 0 Å². The lowest BCUT2D eigenvalue weighted by Gasteiger charge is -2.32. The van der Waals surface area contributed by atoms with Gasteiger partial charge in [-0.3, -0.25) is 14.9 Å². The molecule has 500 valence electrons. The summed E-state index contributed by atoms with van der Waals surface area (Å²) >= 11 is 0. The molecule has 11 heteroatoms. The van der Waals surface area contributed by atoms with Crippen LogP contribution in [0.4, 0.5) is 0 Å². The van der Waals surface area contributed by atoms with Gasteiger partial charge in [-0.05, 0) is 143 Å². The van der Waals surface area contributed by atoms with Crippen LogP contribution in [0.2, 0.25) is 0 Å². The lowest BCUT2D eigenvalue weighted by Crippen LogP contribution is -2.45.